The van der Waals surface area contributed by atoms with Gasteiger partial charge in [0.15, 0.2) is 11.5 Å². The molecule has 8 heteroatoms. The lowest BCUT2D eigenvalue weighted by Crippen LogP contribution is -2.58. The van der Waals surface area contributed by atoms with Crippen molar-refractivity contribution in [3.05, 3.63) is 71.9 Å². The summed E-state index contributed by atoms with van der Waals surface area (Å²) in [6.07, 6.45) is 3.19. The first-order chi connectivity index (χ1) is 19.8. The molecule has 1 aliphatic rings. The Morgan fingerprint density at radius 2 is 1.66 bits per heavy atom. The van der Waals surface area contributed by atoms with Crippen LogP contribution in [0.2, 0.25) is 0 Å². The summed E-state index contributed by atoms with van der Waals surface area (Å²) in [5.41, 5.74) is 4.40. The number of benzene rings is 2. The van der Waals surface area contributed by atoms with Gasteiger partial charge in [-0.05, 0) is 88.1 Å². The number of unbranched alkanes of at least 4 members (excludes halogenated alkanes) is 1. The second kappa shape index (κ2) is 14.0. The third-order valence-corrected chi connectivity index (χ3v) is 7.56. The summed E-state index contributed by atoms with van der Waals surface area (Å²) in [4.78, 5) is 34.2. The Bertz CT molecular complexity index is 1330. The van der Waals surface area contributed by atoms with Crippen molar-refractivity contribution in [1.82, 2.24) is 9.88 Å². The van der Waals surface area contributed by atoms with Crippen LogP contribution in [0.4, 0.5) is 5.69 Å². The molecule has 218 valence electrons. The zero-order valence-corrected chi connectivity index (χ0v) is 24.8. The highest BCUT2D eigenvalue weighted by atomic mass is 16.5. The average molecular weight is 560 g/mol. The van der Waals surface area contributed by atoms with Crippen molar-refractivity contribution in [1.29, 1.82) is 0 Å². The fraction of sp³-hybridized carbons (Fsp3) is 0.424. The summed E-state index contributed by atoms with van der Waals surface area (Å²) < 4.78 is 15.8. The van der Waals surface area contributed by atoms with E-state index in [2.05, 4.69) is 43.0 Å². The van der Waals surface area contributed by atoms with E-state index in [1.54, 1.807) is 20.3 Å². The fourth-order valence-corrected chi connectivity index (χ4v) is 5.31. The normalized spacial score (nSPS) is 16.8. The Kier molecular flexibility index (Phi) is 10.2. The number of aromatic nitrogens is 1. The van der Waals surface area contributed by atoms with E-state index >= 15 is 0 Å². The fourth-order valence-electron chi connectivity index (χ4n) is 5.31. The molecule has 0 saturated carbocycles. The van der Waals surface area contributed by atoms with Crippen molar-refractivity contribution >= 4 is 17.6 Å². The van der Waals surface area contributed by atoms with Gasteiger partial charge in [-0.25, -0.2) is 4.98 Å². The number of ether oxygens (including phenoxy) is 3. The highest BCUT2D eigenvalue weighted by Crippen LogP contribution is 2.32. The number of anilines is 1. The molecule has 1 saturated heterocycles. The largest absolute Gasteiger partial charge is 0.493 e. The molecule has 0 radical (unpaired) electrons. The van der Waals surface area contributed by atoms with Crippen LogP contribution in [-0.2, 0) is 16.0 Å². The molecule has 3 aromatic rings. The Morgan fingerprint density at radius 3 is 2.37 bits per heavy atom. The van der Waals surface area contributed by atoms with E-state index < -0.39 is 0 Å². The third-order valence-electron chi connectivity index (χ3n) is 7.56. The monoisotopic (exact) mass is 559 g/mol. The van der Waals surface area contributed by atoms with Gasteiger partial charge >= 0.3 is 5.97 Å². The highest BCUT2D eigenvalue weighted by molar-refractivity contribution is 5.93. The van der Waals surface area contributed by atoms with Crippen LogP contribution in [-0.4, -0.2) is 67.8 Å². The van der Waals surface area contributed by atoms with Gasteiger partial charge < -0.3 is 24.0 Å². The van der Waals surface area contributed by atoms with E-state index in [0.29, 0.717) is 42.5 Å². The molecule has 8 nitrogen and oxygen atoms in total. The molecule has 0 unspecified atom stereocenters. The summed E-state index contributed by atoms with van der Waals surface area (Å²) >= 11 is 0. The topological polar surface area (TPSA) is 81.2 Å². The van der Waals surface area contributed by atoms with Gasteiger partial charge in [-0.15, -0.1) is 0 Å². The number of esters is 1. The third kappa shape index (κ3) is 7.37. The maximum atomic E-state index is 13.6. The Balaban J connectivity index is 1.38. The van der Waals surface area contributed by atoms with Gasteiger partial charge in [0.1, 0.15) is 5.69 Å². The number of methoxy groups -OCH3 is 2. The van der Waals surface area contributed by atoms with Crippen LogP contribution in [0, 0.1) is 0 Å². The van der Waals surface area contributed by atoms with Crippen molar-refractivity contribution in [2.24, 2.45) is 0 Å². The highest BCUT2D eigenvalue weighted by Gasteiger charge is 2.33. The molecule has 1 amide bonds. The molecule has 2 heterocycles. The standard InChI is InChI=1S/C33H41N3O5/c1-6-41-32(37)13-8-7-10-25-14-17-27(18-15-25)35-21-24(3)36(22-23(35)2)33(38)29-12-9-11-28(34-29)26-16-19-30(39-4)31(20-26)40-5/h9,11-12,14-20,23-24H,6-8,10,13,21-22H2,1-5H3/t23-,24+/m0/s1. The number of hydrogen-bond donors (Lipinski definition) is 0. The van der Waals surface area contributed by atoms with Crippen LogP contribution in [0.3, 0.4) is 0 Å². The van der Waals surface area contributed by atoms with Gasteiger partial charge in [0, 0.05) is 42.8 Å². The lowest BCUT2D eigenvalue weighted by Gasteiger charge is -2.45. The van der Waals surface area contributed by atoms with Crippen LogP contribution in [0.1, 0.15) is 56.1 Å². The Hall–Kier alpha value is -4.07. The van der Waals surface area contributed by atoms with Crippen LogP contribution in [0.15, 0.2) is 60.7 Å². The zero-order valence-electron chi connectivity index (χ0n) is 24.8. The summed E-state index contributed by atoms with van der Waals surface area (Å²) in [6.45, 7) is 7.86. The number of hydrogen-bond acceptors (Lipinski definition) is 7. The van der Waals surface area contributed by atoms with E-state index in [9.17, 15) is 9.59 Å². The molecule has 2 atom stereocenters. The molecular formula is C33H41N3O5. The number of rotatable bonds is 11. The maximum Gasteiger partial charge on any atom is 0.305 e. The number of carbonyl (C=O) groups is 2. The van der Waals surface area contributed by atoms with Crippen molar-refractivity contribution in [3.8, 4) is 22.8 Å². The molecule has 0 aliphatic carbocycles. The first kappa shape index (κ1) is 29.9. The zero-order chi connectivity index (χ0) is 29.4. The predicted octanol–water partition coefficient (Wildman–Crippen LogP) is 5.78. The van der Waals surface area contributed by atoms with E-state index in [-0.39, 0.29) is 24.0 Å². The van der Waals surface area contributed by atoms with Crippen molar-refractivity contribution < 1.29 is 23.8 Å². The minimum atomic E-state index is -0.120. The summed E-state index contributed by atoms with van der Waals surface area (Å²) in [6, 6.07) is 20.0. The molecule has 0 N–H and O–H groups in total. The van der Waals surface area contributed by atoms with Gasteiger partial charge in [0.05, 0.1) is 26.5 Å². The number of aryl methyl sites for hydroxylation is 1. The quantitative estimate of drug-likeness (QED) is 0.218. The van der Waals surface area contributed by atoms with Gasteiger partial charge in [0.2, 0.25) is 0 Å². The van der Waals surface area contributed by atoms with E-state index in [0.717, 1.165) is 37.1 Å². The number of pyridine rings is 1. The van der Waals surface area contributed by atoms with Crippen LogP contribution in [0.5, 0.6) is 11.5 Å². The van der Waals surface area contributed by atoms with E-state index in [1.807, 2.05) is 42.2 Å². The number of amides is 1. The summed E-state index contributed by atoms with van der Waals surface area (Å²) in [5, 5.41) is 0. The SMILES string of the molecule is CCOC(=O)CCCCc1ccc(N2C[C@@H](C)N(C(=O)c3cccc(-c4ccc(OC)c(OC)c4)n3)C[C@@H]2C)cc1. The minimum Gasteiger partial charge on any atom is -0.493 e. The molecule has 1 fully saturated rings. The Labute approximate surface area is 243 Å². The second-order valence-electron chi connectivity index (χ2n) is 10.5. The summed E-state index contributed by atoms with van der Waals surface area (Å²) in [5.74, 6) is 1.07. The number of nitrogens with zero attached hydrogens (tertiary/aromatic N) is 3. The average Bonchev–Trinajstić information content (AvgIpc) is 3.00. The second-order valence-corrected chi connectivity index (χ2v) is 10.5. The summed E-state index contributed by atoms with van der Waals surface area (Å²) in [7, 11) is 3.20. The van der Waals surface area contributed by atoms with Crippen LogP contribution in [0.25, 0.3) is 11.3 Å². The number of carbonyl (C=O) groups excluding carboxylic acids is 2. The molecule has 0 bridgehead atoms. The minimum absolute atomic E-state index is 0.0211. The Morgan fingerprint density at radius 1 is 0.902 bits per heavy atom. The van der Waals surface area contributed by atoms with Crippen molar-refractivity contribution in [2.45, 2.75) is 58.5 Å². The molecule has 4 rings (SSSR count). The van der Waals surface area contributed by atoms with Crippen molar-refractivity contribution in [2.75, 3.05) is 38.8 Å². The van der Waals surface area contributed by atoms with E-state index in [4.69, 9.17) is 19.2 Å². The molecule has 41 heavy (non-hydrogen) atoms. The van der Waals surface area contributed by atoms with Gasteiger partial charge in [-0.1, -0.05) is 18.2 Å². The maximum absolute atomic E-state index is 13.6. The molecule has 2 aromatic carbocycles. The first-order valence-corrected chi connectivity index (χ1v) is 14.4. The van der Waals surface area contributed by atoms with Crippen molar-refractivity contribution in [3.63, 3.8) is 0 Å². The van der Waals surface area contributed by atoms with Crippen LogP contribution < -0.4 is 14.4 Å². The van der Waals surface area contributed by atoms with Gasteiger partial charge in [0.25, 0.3) is 5.91 Å². The van der Waals surface area contributed by atoms with E-state index in [1.165, 1.54) is 5.56 Å². The van der Waals surface area contributed by atoms with Gasteiger partial charge in [-0.2, -0.15) is 0 Å². The molecule has 1 aromatic heterocycles. The smallest absolute Gasteiger partial charge is 0.305 e. The van der Waals surface area contributed by atoms with Gasteiger partial charge in [-0.3, -0.25) is 9.59 Å². The molecular weight excluding hydrogens is 518 g/mol. The predicted molar refractivity (Wildman–Crippen MR) is 161 cm³/mol. The first-order valence-electron chi connectivity index (χ1n) is 14.4. The number of piperazine rings is 1. The lowest BCUT2D eigenvalue weighted by atomic mass is 10.0. The molecule has 0 spiro atoms. The van der Waals surface area contributed by atoms with Crippen LogP contribution >= 0.6 is 0 Å². The lowest BCUT2D eigenvalue weighted by molar-refractivity contribution is -0.143. The molecule has 1 aliphatic heterocycles.